The highest BCUT2D eigenvalue weighted by atomic mass is 32.2. The number of benzene rings is 6. The number of hydrogen-bond acceptors (Lipinski definition) is 8. The summed E-state index contributed by atoms with van der Waals surface area (Å²) in [5.41, 5.74) is 0.866. The van der Waals surface area contributed by atoms with Gasteiger partial charge in [-0.25, -0.2) is 21.9 Å². The molecule has 0 spiro atoms. The Morgan fingerprint density at radius 1 is 0.727 bits per heavy atom. The fourth-order valence-electron chi connectivity index (χ4n) is 8.38. The van der Waals surface area contributed by atoms with Crippen molar-refractivity contribution in [3.8, 4) is 0 Å². The van der Waals surface area contributed by atoms with Gasteiger partial charge in [0.1, 0.15) is 17.2 Å². The van der Waals surface area contributed by atoms with Crippen LogP contribution in [0.4, 0.5) is 39.1 Å². The van der Waals surface area contributed by atoms with E-state index in [0.29, 0.717) is 71.7 Å². The number of sulfone groups is 1. The number of fused-ring (bicyclic) bond motifs is 1. The second kappa shape index (κ2) is 18.5. The first kappa shape index (κ1) is 45.6. The zero-order valence-electron chi connectivity index (χ0n) is 35.7. The number of alkyl halides is 3. The summed E-state index contributed by atoms with van der Waals surface area (Å²) >= 11 is 0. The van der Waals surface area contributed by atoms with Crippen molar-refractivity contribution in [2.75, 3.05) is 68.6 Å². The normalized spacial score (nSPS) is 13.8. The number of nitrogens with zero attached hydrogens (tertiary/aromatic N) is 5. The molecule has 1 saturated heterocycles. The van der Waals surface area contributed by atoms with E-state index in [9.17, 15) is 40.0 Å². The van der Waals surface area contributed by atoms with E-state index in [0.717, 1.165) is 0 Å². The molecule has 6 aromatic carbocycles. The van der Waals surface area contributed by atoms with E-state index >= 15 is 0 Å². The molecule has 7 aromatic rings. The Morgan fingerprint density at radius 3 is 1.82 bits per heavy atom. The first-order valence-electron chi connectivity index (χ1n) is 20.8. The van der Waals surface area contributed by atoms with Crippen LogP contribution in [-0.2, 0) is 24.9 Å². The number of carbonyl (C=O) groups is 2. The zero-order valence-corrected chi connectivity index (χ0v) is 36.5. The minimum absolute atomic E-state index is 0.0479. The van der Waals surface area contributed by atoms with Gasteiger partial charge in [0, 0.05) is 57.0 Å². The molecule has 1 fully saturated rings. The summed E-state index contributed by atoms with van der Waals surface area (Å²) < 4.78 is 107. The SMILES string of the molecule is COCCN(C(=O)C(F)(F)F)c1cc(N2CCN(C)CC2)ccc1C(=O)Nc1nn(C(c2ccccc2)(c2ccccc2)c2ccccc2)c2ccc(S(=O)(=O)c3cc(F)cc(F)c3)cc12. The predicted octanol–water partition coefficient (Wildman–Crippen LogP) is 8.53. The zero-order chi connectivity index (χ0) is 46.8. The Labute approximate surface area is 377 Å². The highest BCUT2D eigenvalue weighted by Gasteiger charge is 2.45. The van der Waals surface area contributed by atoms with Gasteiger partial charge in [-0.05, 0) is 72.3 Å². The number of likely N-dealkylation sites (N-methyl/N-ethyl adjacent to an activating group) is 1. The summed E-state index contributed by atoms with van der Waals surface area (Å²) in [7, 11) is -1.41. The molecule has 8 rings (SSSR count). The van der Waals surface area contributed by atoms with E-state index in [2.05, 4.69) is 10.2 Å². The van der Waals surface area contributed by atoms with Crippen LogP contribution in [-0.4, -0.2) is 94.6 Å². The molecule has 1 N–H and O–H groups in total. The van der Waals surface area contributed by atoms with Crippen molar-refractivity contribution in [3.05, 3.63) is 179 Å². The second-order valence-corrected chi connectivity index (χ2v) is 17.7. The van der Waals surface area contributed by atoms with E-state index < -0.39 is 61.3 Å². The van der Waals surface area contributed by atoms with Gasteiger partial charge in [0.25, 0.3) is 5.91 Å². The topological polar surface area (TPSA) is 117 Å². The first-order valence-corrected chi connectivity index (χ1v) is 22.3. The van der Waals surface area contributed by atoms with Crippen LogP contribution < -0.4 is 15.1 Å². The Balaban J connectivity index is 1.37. The third-order valence-corrected chi connectivity index (χ3v) is 13.4. The highest BCUT2D eigenvalue weighted by molar-refractivity contribution is 7.91. The monoisotopic (exact) mass is 922 g/mol. The molecule has 0 saturated carbocycles. The van der Waals surface area contributed by atoms with Crippen molar-refractivity contribution in [1.82, 2.24) is 14.7 Å². The van der Waals surface area contributed by atoms with Gasteiger partial charge in [-0.2, -0.15) is 18.3 Å². The van der Waals surface area contributed by atoms with E-state index in [-0.39, 0.29) is 34.6 Å². The Hall–Kier alpha value is -6.95. The van der Waals surface area contributed by atoms with Gasteiger partial charge in [-0.15, -0.1) is 0 Å². The van der Waals surface area contributed by atoms with Gasteiger partial charge in [-0.1, -0.05) is 91.0 Å². The Bertz CT molecular complexity index is 2880. The molecule has 1 aliphatic rings. The third-order valence-electron chi connectivity index (χ3n) is 11.6. The van der Waals surface area contributed by atoms with Crippen LogP contribution in [0.25, 0.3) is 10.9 Å². The molecule has 1 aliphatic heterocycles. The van der Waals surface area contributed by atoms with Crippen molar-refractivity contribution < 1.29 is 44.7 Å². The van der Waals surface area contributed by atoms with Crippen molar-refractivity contribution >= 4 is 49.7 Å². The number of nitrogens with one attached hydrogen (secondary N) is 1. The second-order valence-electron chi connectivity index (χ2n) is 15.7. The van der Waals surface area contributed by atoms with Crippen LogP contribution in [0.15, 0.2) is 155 Å². The van der Waals surface area contributed by atoms with Crippen molar-refractivity contribution in [2.45, 2.75) is 21.5 Å². The van der Waals surface area contributed by atoms with Crippen LogP contribution in [0.1, 0.15) is 27.0 Å². The summed E-state index contributed by atoms with van der Waals surface area (Å²) in [6.07, 6.45) is -5.33. The number of methoxy groups -OCH3 is 1. The fraction of sp³-hybridized carbons (Fsp3) is 0.204. The number of carbonyl (C=O) groups excluding carboxylic acids is 2. The van der Waals surface area contributed by atoms with Crippen molar-refractivity contribution in [1.29, 1.82) is 0 Å². The molecule has 1 aromatic heterocycles. The molecular formula is C49H43F5N6O5S. The minimum atomic E-state index is -5.33. The lowest BCUT2D eigenvalue weighted by molar-refractivity contribution is -0.170. The fourth-order valence-corrected chi connectivity index (χ4v) is 9.70. The molecule has 340 valence electrons. The number of amides is 2. The molecular weight excluding hydrogens is 880 g/mol. The van der Waals surface area contributed by atoms with Gasteiger partial charge in [-0.3, -0.25) is 9.59 Å². The van der Waals surface area contributed by atoms with Gasteiger partial charge < -0.3 is 24.8 Å². The van der Waals surface area contributed by atoms with E-state index in [1.807, 2.05) is 103 Å². The molecule has 17 heteroatoms. The summed E-state index contributed by atoms with van der Waals surface area (Å²) in [4.78, 5) is 31.5. The maximum absolute atomic E-state index is 14.9. The maximum Gasteiger partial charge on any atom is 0.471 e. The highest BCUT2D eigenvalue weighted by Crippen LogP contribution is 2.44. The number of anilines is 3. The molecule has 0 atom stereocenters. The lowest BCUT2D eigenvalue weighted by Gasteiger charge is -2.37. The van der Waals surface area contributed by atoms with E-state index in [4.69, 9.17) is 9.84 Å². The number of hydrogen-bond donors (Lipinski definition) is 1. The first-order chi connectivity index (χ1) is 31.6. The van der Waals surface area contributed by atoms with Crippen molar-refractivity contribution in [3.63, 3.8) is 0 Å². The molecule has 2 amide bonds. The van der Waals surface area contributed by atoms with E-state index in [1.165, 1.54) is 37.4 Å². The lowest BCUT2D eigenvalue weighted by Crippen LogP contribution is -2.45. The number of rotatable bonds is 13. The molecule has 11 nitrogen and oxygen atoms in total. The number of halogens is 5. The minimum Gasteiger partial charge on any atom is -0.383 e. The molecule has 0 unspecified atom stereocenters. The Morgan fingerprint density at radius 2 is 1.29 bits per heavy atom. The number of ether oxygens (including phenoxy) is 1. The van der Waals surface area contributed by atoms with Crippen LogP contribution in [0.5, 0.6) is 0 Å². The van der Waals surface area contributed by atoms with Gasteiger partial charge in [0.05, 0.1) is 33.2 Å². The van der Waals surface area contributed by atoms with E-state index in [1.54, 1.807) is 10.7 Å². The summed E-state index contributed by atoms with van der Waals surface area (Å²) in [5.74, 6) is -5.66. The molecule has 66 heavy (non-hydrogen) atoms. The summed E-state index contributed by atoms with van der Waals surface area (Å²) in [5, 5.41) is 7.86. The standard InChI is InChI=1S/C49H43F5N6O5S/c1-57-22-24-58(25-23-57)38-18-20-41(44(31-38)59(26-27-65-2)47(62)49(52,53)54)46(61)55-45-42-32-39(66(63,64)40-29-36(50)28-37(51)30-40)19-21-43(42)60(56-45)48(33-12-6-3-7-13-33,34-14-8-4-9-15-34)35-16-10-5-11-17-35/h3-21,28-32H,22-27H2,1-2H3,(H,55,56,61). The third kappa shape index (κ3) is 8.76. The largest absolute Gasteiger partial charge is 0.471 e. The molecule has 0 bridgehead atoms. The van der Waals surface area contributed by atoms with Gasteiger partial charge >= 0.3 is 12.1 Å². The molecule has 0 radical (unpaired) electrons. The predicted molar refractivity (Wildman–Crippen MR) is 241 cm³/mol. The lowest BCUT2D eigenvalue weighted by atomic mass is 9.77. The number of aromatic nitrogens is 2. The quantitative estimate of drug-likeness (QED) is 0.0905. The summed E-state index contributed by atoms with van der Waals surface area (Å²) in [6, 6.07) is 38.1. The smallest absolute Gasteiger partial charge is 0.383 e. The average molecular weight is 923 g/mol. The maximum atomic E-state index is 14.9. The average Bonchev–Trinajstić information content (AvgIpc) is 3.67. The van der Waals surface area contributed by atoms with Gasteiger partial charge in [0.2, 0.25) is 9.84 Å². The summed E-state index contributed by atoms with van der Waals surface area (Å²) in [6.45, 7) is 1.50. The molecule has 2 heterocycles. The van der Waals surface area contributed by atoms with Crippen LogP contribution in [0, 0.1) is 11.6 Å². The van der Waals surface area contributed by atoms with Crippen LogP contribution in [0.3, 0.4) is 0 Å². The van der Waals surface area contributed by atoms with Crippen molar-refractivity contribution in [2.24, 2.45) is 0 Å². The van der Waals surface area contributed by atoms with Gasteiger partial charge in [0.15, 0.2) is 5.82 Å². The Kier molecular flexibility index (Phi) is 12.8. The van der Waals surface area contributed by atoms with Crippen LogP contribution in [0.2, 0.25) is 0 Å². The van der Waals surface area contributed by atoms with Crippen LogP contribution >= 0.6 is 0 Å². The number of piperazine rings is 1. The molecule has 0 aliphatic carbocycles.